The molecule has 2 amide bonds. The minimum atomic E-state index is -0.402. The summed E-state index contributed by atoms with van der Waals surface area (Å²) >= 11 is 0. The molecule has 0 heterocycles. The molecule has 2 aromatic carbocycles. The van der Waals surface area contributed by atoms with Crippen molar-refractivity contribution in [3.63, 3.8) is 0 Å². The van der Waals surface area contributed by atoms with Crippen molar-refractivity contribution in [2.45, 2.75) is 13.3 Å². The molecule has 0 aliphatic rings. The normalized spacial score (nSPS) is 10.5. The van der Waals surface area contributed by atoms with Crippen LogP contribution in [-0.4, -0.2) is 18.9 Å². The lowest BCUT2D eigenvalue weighted by molar-refractivity contribution is 0.259. The largest absolute Gasteiger partial charge is 0.494 e. The monoisotopic (exact) mass is 282 g/mol. The van der Waals surface area contributed by atoms with Gasteiger partial charge < -0.3 is 10.1 Å². The third kappa shape index (κ3) is 5.10. The molecule has 0 bridgehead atoms. The number of amides is 2. The van der Waals surface area contributed by atoms with E-state index in [-0.39, 0.29) is 0 Å². The maximum Gasteiger partial charge on any atom is 0.345 e. The number of hydrogen-bond acceptors (Lipinski definition) is 2. The topological polar surface area (TPSA) is 50.7 Å². The Morgan fingerprint density at radius 3 is 2.52 bits per heavy atom. The highest BCUT2D eigenvalue weighted by molar-refractivity contribution is 5.97. The molecule has 0 fully saturated rings. The molecular weight excluding hydrogens is 264 g/mol. The Morgan fingerprint density at radius 2 is 1.86 bits per heavy atom. The predicted molar refractivity (Wildman–Crippen MR) is 85.3 cm³/mol. The molecule has 0 aromatic heterocycles. The van der Waals surface area contributed by atoms with Crippen molar-refractivity contribution in [3.05, 3.63) is 60.2 Å². The van der Waals surface area contributed by atoms with Crippen molar-refractivity contribution in [2.24, 2.45) is 4.99 Å². The number of urea groups is 1. The van der Waals surface area contributed by atoms with Crippen LogP contribution in [0.4, 0.5) is 10.5 Å². The molecule has 4 nitrogen and oxygen atoms in total. The summed E-state index contributed by atoms with van der Waals surface area (Å²) in [6.45, 7) is 2.74. The van der Waals surface area contributed by atoms with Crippen LogP contribution in [0.25, 0.3) is 0 Å². The summed E-state index contributed by atoms with van der Waals surface area (Å²) in [5.41, 5.74) is 1.57. The first-order chi connectivity index (χ1) is 10.3. The fraction of sp³-hybridized carbons (Fsp3) is 0.176. The number of rotatable bonds is 5. The average molecular weight is 282 g/mol. The first-order valence-corrected chi connectivity index (χ1v) is 6.91. The van der Waals surface area contributed by atoms with Gasteiger partial charge in [0.1, 0.15) is 5.75 Å². The van der Waals surface area contributed by atoms with Crippen LogP contribution in [0.3, 0.4) is 0 Å². The van der Waals surface area contributed by atoms with Gasteiger partial charge in [0.25, 0.3) is 0 Å². The molecule has 0 unspecified atom stereocenters. The number of benzene rings is 2. The van der Waals surface area contributed by atoms with Crippen LogP contribution in [-0.2, 0) is 0 Å². The second-order valence-corrected chi connectivity index (χ2v) is 4.47. The highest BCUT2D eigenvalue weighted by Crippen LogP contribution is 2.16. The molecule has 21 heavy (non-hydrogen) atoms. The van der Waals surface area contributed by atoms with Gasteiger partial charge in [-0.25, -0.2) is 9.79 Å². The van der Waals surface area contributed by atoms with Crippen molar-refractivity contribution >= 4 is 17.9 Å². The Bertz CT molecular complexity index is 592. The Kier molecular flexibility index (Phi) is 5.52. The second-order valence-electron chi connectivity index (χ2n) is 4.47. The number of aliphatic imine (C=N–C) groups is 1. The lowest BCUT2D eigenvalue weighted by atomic mass is 10.2. The molecule has 0 radical (unpaired) electrons. The number of carbonyl (C=O) groups excluding carboxylic acids is 1. The average Bonchev–Trinajstić information content (AvgIpc) is 2.53. The minimum absolute atomic E-state index is 0.402. The third-order valence-electron chi connectivity index (χ3n) is 2.71. The van der Waals surface area contributed by atoms with Crippen LogP contribution in [0, 0.1) is 0 Å². The van der Waals surface area contributed by atoms with Gasteiger partial charge in [0.2, 0.25) is 0 Å². The molecule has 0 spiro atoms. The summed E-state index contributed by atoms with van der Waals surface area (Å²) in [5, 5.41) is 2.70. The lowest BCUT2D eigenvalue weighted by Crippen LogP contribution is -2.06. The van der Waals surface area contributed by atoms with Gasteiger partial charge in [0.15, 0.2) is 0 Å². The third-order valence-corrected chi connectivity index (χ3v) is 2.71. The van der Waals surface area contributed by atoms with Gasteiger partial charge in [0.05, 0.1) is 6.61 Å². The predicted octanol–water partition coefficient (Wildman–Crippen LogP) is 4.13. The van der Waals surface area contributed by atoms with Gasteiger partial charge in [-0.15, -0.1) is 0 Å². The SMILES string of the molecule is CCCOc1ccc(NC(=O)/N=C/c2ccccc2)cc1. The molecule has 2 rings (SSSR count). The van der Waals surface area contributed by atoms with E-state index in [1.54, 1.807) is 12.1 Å². The molecule has 0 saturated carbocycles. The van der Waals surface area contributed by atoms with Crippen molar-refractivity contribution in [2.75, 3.05) is 11.9 Å². The van der Waals surface area contributed by atoms with E-state index >= 15 is 0 Å². The van der Waals surface area contributed by atoms with Crippen LogP contribution in [0.2, 0.25) is 0 Å². The van der Waals surface area contributed by atoms with Gasteiger partial charge in [0, 0.05) is 11.9 Å². The van der Waals surface area contributed by atoms with E-state index in [1.807, 2.05) is 42.5 Å². The summed E-state index contributed by atoms with van der Waals surface area (Å²) < 4.78 is 5.48. The lowest BCUT2D eigenvalue weighted by Gasteiger charge is -2.06. The second kappa shape index (κ2) is 7.85. The molecule has 0 aliphatic carbocycles. The quantitative estimate of drug-likeness (QED) is 0.838. The smallest absolute Gasteiger partial charge is 0.345 e. The van der Waals surface area contributed by atoms with Gasteiger partial charge in [-0.05, 0) is 36.2 Å². The number of nitrogens with one attached hydrogen (secondary N) is 1. The zero-order valence-corrected chi connectivity index (χ0v) is 12.0. The summed E-state index contributed by atoms with van der Waals surface area (Å²) in [5.74, 6) is 0.794. The van der Waals surface area contributed by atoms with Gasteiger partial charge in [-0.3, -0.25) is 0 Å². The van der Waals surface area contributed by atoms with Crippen LogP contribution in [0.5, 0.6) is 5.75 Å². The zero-order valence-electron chi connectivity index (χ0n) is 12.0. The maximum atomic E-state index is 11.7. The fourth-order valence-corrected chi connectivity index (χ4v) is 1.68. The van der Waals surface area contributed by atoms with E-state index in [0.29, 0.717) is 12.3 Å². The molecule has 2 aromatic rings. The highest BCUT2D eigenvalue weighted by Gasteiger charge is 1.99. The molecule has 0 aliphatic heterocycles. The molecular formula is C17H18N2O2. The van der Waals surface area contributed by atoms with E-state index in [9.17, 15) is 4.79 Å². The van der Waals surface area contributed by atoms with Crippen LogP contribution in [0.1, 0.15) is 18.9 Å². The van der Waals surface area contributed by atoms with E-state index < -0.39 is 6.03 Å². The van der Waals surface area contributed by atoms with Crippen molar-refractivity contribution in [1.82, 2.24) is 0 Å². The van der Waals surface area contributed by atoms with E-state index in [4.69, 9.17) is 4.74 Å². The maximum absolute atomic E-state index is 11.7. The Balaban J connectivity index is 1.89. The van der Waals surface area contributed by atoms with Crippen molar-refractivity contribution in [1.29, 1.82) is 0 Å². The first-order valence-electron chi connectivity index (χ1n) is 6.91. The Hall–Kier alpha value is -2.62. The number of hydrogen-bond donors (Lipinski definition) is 1. The van der Waals surface area contributed by atoms with E-state index in [0.717, 1.165) is 17.7 Å². The van der Waals surface area contributed by atoms with Crippen molar-refractivity contribution < 1.29 is 9.53 Å². The standard InChI is InChI=1S/C17H18N2O2/c1-2-12-21-16-10-8-15(9-11-16)19-17(20)18-13-14-6-4-3-5-7-14/h3-11,13H,2,12H2,1H3,(H,19,20)/b18-13+. The first kappa shape index (κ1) is 14.8. The van der Waals surface area contributed by atoms with Gasteiger partial charge in [-0.2, -0.15) is 0 Å². The van der Waals surface area contributed by atoms with Crippen LogP contribution in [0.15, 0.2) is 59.6 Å². The van der Waals surface area contributed by atoms with E-state index in [2.05, 4.69) is 17.2 Å². The molecule has 0 atom stereocenters. The number of nitrogens with zero attached hydrogens (tertiary/aromatic N) is 1. The number of ether oxygens (including phenoxy) is 1. The molecule has 0 saturated heterocycles. The van der Waals surface area contributed by atoms with E-state index in [1.165, 1.54) is 6.21 Å². The molecule has 108 valence electrons. The number of anilines is 1. The van der Waals surface area contributed by atoms with Crippen LogP contribution < -0.4 is 10.1 Å². The Labute approximate surface area is 124 Å². The van der Waals surface area contributed by atoms with Gasteiger partial charge in [-0.1, -0.05) is 37.3 Å². The summed E-state index contributed by atoms with van der Waals surface area (Å²) in [6.07, 6.45) is 2.50. The summed E-state index contributed by atoms with van der Waals surface area (Å²) in [4.78, 5) is 15.6. The summed E-state index contributed by atoms with van der Waals surface area (Å²) in [7, 11) is 0. The summed E-state index contributed by atoms with van der Waals surface area (Å²) in [6, 6.07) is 16.3. The molecule has 4 heteroatoms. The Morgan fingerprint density at radius 1 is 1.14 bits per heavy atom. The highest BCUT2D eigenvalue weighted by atomic mass is 16.5. The fourth-order valence-electron chi connectivity index (χ4n) is 1.68. The minimum Gasteiger partial charge on any atom is -0.494 e. The molecule has 1 N–H and O–H groups in total. The zero-order chi connectivity index (χ0) is 14.9. The van der Waals surface area contributed by atoms with Crippen LogP contribution >= 0.6 is 0 Å². The van der Waals surface area contributed by atoms with Crippen molar-refractivity contribution in [3.8, 4) is 5.75 Å². The number of carbonyl (C=O) groups is 1. The van der Waals surface area contributed by atoms with Gasteiger partial charge >= 0.3 is 6.03 Å².